The predicted molar refractivity (Wildman–Crippen MR) is 64.2 cm³/mol. The molecule has 5 heteroatoms. The van der Waals surface area contributed by atoms with Gasteiger partial charge >= 0.3 is 0 Å². The van der Waals surface area contributed by atoms with Crippen LogP contribution in [0.3, 0.4) is 0 Å². The molecule has 1 rings (SSSR count). The van der Waals surface area contributed by atoms with Gasteiger partial charge < -0.3 is 0 Å². The molecule has 0 N–H and O–H groups in total. The molecule has 0 aliphatic heterocycles. The maximum atomic E-state index is 11.5. The summed E-state index contributed by atoms with van der Waals surface area (Å²) >= 11 is 0. The van der Waals surface area contributed by atoms with E-state index in [0.717, 1.165) is 5.56 Å². The van der Waals surface area contributed by atoms with Crippen molar-refractivity contribution in [1.29, 1.82) is 0 Å². The van der Waals surface area contributed by atoms with Crippen LogP contribution in [0.25, 0.3) is 0 Å². The van der Waals surface area contributed by atoms with Crippen LogP contribution >= 0.6 is 0 Å². The average molecular weight is 237 g/mol. The summed E-state index contributed by atoms with van der Waals surface area (Å²) in [7, 11) is 3.01. The van der Waals surface area contributed by atoms with Crippen molar-refractivity contribution in [3.63, 3.8) is 0 Å². The first-order valence-electron chi connectivity index (χ1n) is 5.46. The Balaban J connectivity index is 2.73. The second-order valence-electron chi connectivity index (χ2n) is 4.89. The Hall–Kier alpha value is -1.49. The van der Waals surface area contributed by atoms with E-state index >= 15 is 0 Å². The topological polar surface area (TPSA) is 55.3 Å². The molecule has 17 heavy (non-hydrogen) atoms. The number of carbonyl (C=O) groups excluding carboxylic acids is 1. The zero-order valence-electron chi connectivity index (χ0n) is 11.0. The van der Waals surface area contributed by atoms with Gasteiger partial charge in [0.25, 0.3) is 5.91 Å². The summed E-state index contributed by atoms with van der Waals surface area (Å²) < 4.78 is 0. The van der Waals surface area contributed by atoms with E-state index in [2.05, 4.69) is 30.7 Å². The van der Waals surface area contributed by atoms with Crippen LogP contribution in [0, 0.1) is 0 Å². The highest BCUT2D eigenvalue weighted by Crippen LogP contribution is 2.19. The molecule has 1 amide bonds. The standard InChI is InChI=1S/C12H19N3O2/c1-12(2,3)9-7-13-10(14-8-9)6-11(16)15(4)17-5/h7-8H,6H2,1-5H3. The number of amides is 1. The lowest BCUT2D eigenvalue weighted by Gasteiger charge is -2.18. The Morgan fingerprint density at radius 1 is 1.35 bits per heavy atom. The second-order valence-corrected chi connectivity index (χ2v) is 4.89. The summed E-state index contributed by atoms with van der Waals surface area (Å²) in [6, 6.07) is 0. The highest BCUT2D eigenvalue weighted by Gasteiger charge is 2.16. The van der Waals surface area contributed by atoms with E-state index in [0.29, 0.717) is 5.82 Å². The Bertz CT molecular complexity index is 382. The van der Waals surface area contributed by atoms with Gasteiger partial charge in [0.05, 0.1) is 13.5 Å². The third-order valence-electron chi connectivity index (χ3n) is 2.51. The molecule has 0 unspecified atom stereocenters. The predicted octanol–water partition coefficient (Wildman–Crippen LogP) is 1.34. The zero-order valence-corrected chi connectivity index (χ0v) is 11.0. The summed E-state index contributed by atoms with van der Waals surface area (Å²) in [6.45, 7) is 6.28. The fraction of sp³-hybridized carbons (Fsp3) is 0.583. The van der Waals surface area contributed by atoms with Crippen molar-refractivity contribution in [2.75, 3.05) is 14.2 Å². The molecule has 0 spiro atoms. The molecule has 1 aromatic rings. The van der Waals surface area contributed by atoms with Crippen molar-refractivity contribution in [3.8, 4) is 0 Å². The molecule has 0 aliphatic rings. The third-order valence-corrected chi connectivity index (χ3v) is 2.51. The largest absolute Gasteiger partial charge is 0.275 e. The van der Waals surface area contributed by atoms with Crippen LogP contribution in [-0.4, -0.2) is 35.1 Å². The van der Waals surface area contributed by atoms with E-state index in [1.54, 1.807) is 19.4 Å². The van der Waals surface area contributed by atoms with Gasteiger partial charge in [-0.15, -0.1) is 0 Å². The van der Waals surface area contributed by atoms with Crippen molar-refractivity contribution in [2.24, 2.45) is 0 Å². The van der Waals surface area contributed by atoms with E-state index in [9.17, 15) is 4.79 Å². The third kappa shape index (κ3) is 3.78. The van der Waals surface area contributed by atoms with Crippen LogP contribution < -0.4 is 0 Å². The van der Waals surface area contributed by atoms with Gasteiger partial charge in [-0.3, -0.25) is 9.63 Å². The van der Waals surface area contributed by atoms with Crippen LogP contribution in [0.1, 0.15) is 32.2 Å². The second kappa shape index (κ2) is 5.23. The molecule has 0 fully saturated rings. The minimum Gasteiger partial charge on any atom is -0.275 e. The number of aromatic nitrogens is 2. The Kier molecular flexibility index (Phi) is 4.17. The van der Waals surface area contributed by atoms with Crippen LogP contribution in [0.15, 0.2) is 12.4 Å². The molecule has 0 aliphatic carbocycles. The zero-order chi connectivity index (χ0) is 13.1. The number of likely N-dealkylation sites (N-methyl/N-ethyl adjacent to an activating group) is 1. The Morgan fingerprint density at radius 3 is 2.29 bits per heavy atom. The summed E-state index contributed by atoms with van der Waals surface area (Å²) in [5.41, 5.74) is 1.07. The highest BCUT2D eigenvalue weighted by molar-refractivity contribution is 5.76. The van der Waals surface area contributed by atoms with Crippen LogP contribution in [0.5, 0.6) is 0 Å². The fourth-order valence-electron chi connectivity index (χ4n) is 1.18. The fourth-order valence-corrected chi connectivity index (χ4v) is 1.18. The number of nitrogens with zero attached hydrogens (tertiary/aromatic N) is 3. The minimum atomic E-state index is -0.170. The van der Waals surface area contributed by atoms with Crippen molar-refractivity contribution in [3.05, 3.63) is 23.8 Å². The molecular formula is C12H19N3O2. The number of hydrogen-bond donors (Lipinski definition) is 0. The maximum absolute atomic E-state index is 11.5. The molecule has 5 nitrogen and oxygen atoms in total. The van der Waals surface area contributed by atoms with Gasteiger partial charge in [0.15, 0.2) is 0 Å². The van der Waals surface area contributed by atoms with E-state index in [1.807, 2.05) is 0 Å². The van der Waals surface area contributed by atoms with Gasteiger partial charge in [0.1, 0.15) is 5.82 Å². The molecule has 1 heterocycles. The molecule has 0 atom stereocenters. The quantitative estimate of drug-likeness (QED) is 0.744. The van der Waals surface area contributed by atoms with Gasteiger partial charge in [-0.25, -0.2) is 15.0 Å². The molecular weight excluding hydrogens is 218 g/mol. The SMILES string of the molecule is CON(C)C(=O)Cc1ncc(C(C)(C)C)cn1. The van der Waals surface area contributed by atoms with Gasteiger partial charge in [0, 0.05) is 19.4 Å². The van der Waals surface area contributed by atoms with Gasteiger partial charge in [0.2, 0.25) is 0 Å². The van der Waals surface area contributed by atoms with Crippen LogP contribution in [0.2, 0.25) is 0 Å². The number of hydrogen-bond acceptors (Lipinski definition) is 4. The molecule has 0 saturated heterocycles. The molecule has 0 bridgehead atoms. The lowest BCUT2D eigenvalue weighted by molar-refractivity contribution is -0.167. The maximum Gasteiger partial charge on any atom is 0.253 e. The van der Waals surface area contributed by atoms with Crippen LogP contribution in [-0.2, 0) is 21.5 Å². The highest BCUT2D eigenvalue weighted by atomic mass is 16.7. The minimum absolute atomic E-state index is 0.0197. The normalized spacial score (nSPS) is 11.4. The van der Waals surface area contributed by atoms with Gasteiger partial charge in [-0.1, -0.05) is 20.8 Å². The van der Waals surface area contributed by atoms with Crippen molar-refractivity contribution < 1.29 is 9.63 Å². The molecule has 0 saturated carbocycles. The summed E-state index contributed by atoms with van der Waals surface area (Å²) in [6.07, 6.45) is 3.68. The average Bonchev–Trinajstić information content (AvgIpc) is 2.27. The summed E-state index contributed by atoms with van der Waals surface area (Å²) in [5.74, 6) is 0.336. The number of carbonyl (C=O) groups is 1. The van der Waals surface area contributed by atoms with Gasteiger partial charge in [-0.05, 0) is 11.0 Å². The summed E-state index contributed by atoms with van der Waals surface area (Å²) in [4.78, 5) is 24.7. The molecule has 1 aromatic heterocycles. The van der Waals surface area contributed by atoms with E-state index < -0.39 is 0 Å². The smallest absolute Gasteiger partial charge is 0.253 e. The monoisotopic (exact) mass is 237 g/mol. The molecule has 94 valence electrons. The Morgan fingerprint density at radius 2 is 1.88 bits per heavy atom. The summed E-state index contributed by atoms with van der Waals surface area (Å²) in [5, 5.41) is 1.17. The lowest BCUT2D eigenvalue weighted by atomic mass is 9.89. The van der Waals surface area contributed by atoms with Crippen LogP contribution in [0.4, 0.5) is 0 Å². The first-order valence-corrected chi connectivity index (χ1v) is 5.46. The van der Waals surface area contributed by atoms with Crippen molar-refractivity contribution >= 4 is 5.91 Å². The first-order chi connectivity index (χ1) is 7.84. The van der Waals surface area contributed by atoms with Gasteiger partial charge in [-0.2, -0.15) is 0 Å². The van der Waals surface area contributed by atoms with Crippen molar-refractivity contribution in [1.82, 2.24) is 15.0 Å². The molecule has 0 radical (unpaired) electrons. The van der Waals surface area contributed by atoms with E-state index in [4.69, 9.17) is 4.84 Å². The van der Waals surface area contributed by atoms with Crippen molar-refractivity contribution in [2.45, 2.75) is 32.6 Å². The van der Waals surface area contributed by atoms with E-state index in [1.165, 1.54) is 12.2 Å². The first kappa shape index (κ1) is 13.6. The molecule has 0 aromatic carbocycles. The lowest BCUT2D eigenvalue weighted by Crippen LogP contribution is -2.27. The number of rotatable bonds is 3. The number of hydroxylamine groups is 2. The van der Waals surface area contributed by atoms with E-state index in [-0.39, 0.29) is 17.7 Å². The Labute approximate surface area is 102 Å².